The molecule has 0 aromatic heterocycles. The molecule has 28 heavy (non-hydrogen) atoms. The van der Waals surface area contributed by atoms with Crippen LogP contribution in [0.25, 0.3) is 5.70 Å². The van der Waals surface area contributed by atoms with Crippen molar-refractivity contribution in [1.29, 1.82) is 0 Å². The zero-order valence-electron chi connectivity index (χ0n) is 18.5. The predicted molar refractivity (Wildman–Crippen MR) is 121 cm³/mol. The molecule has 1 aromatic rings. The number of likely N-dealkylation sites (tertiary alicyclic amines) is 1. The maximum Gasteiger partial charge on any atom is 0.0815 e. The largest absolute Gasteiger partial charge is 0.369 e. The summed E-state index contributed by atoms with van der Waals surface area (Å²) in [6.07, 6.45) is 5.56. The Labute approximate surface area is 171 Å². The summed E-state index contributed by atoms with van der Waals surface area (Å²) >= 11 is 0. The molecule has 1 unspecified atom stereocenters. The maximum absolute atomic E-state index is 4.89. The van der Waals surface area contributed by atoms with Gasteiger partial charge in [-0.15, -0.1) is 0 Å². The van der Waals surface area contributed by atoms with Gasteiger partial charge in [-0.05, 0) is 69.2 Å². The molecule has 2 aliphatic rings. The summed E-state index contributed by atoms with van der Waals surface area (Å²) in [5.74, 6) is 0.734. The Bertz CT molecular complexity index is 853. The number of nitrogens with zero attached hydrogens (tertiary/aromatic N) is 3. The minimum Gasteiger partial charge on any atom is -0.369 e. The van der Waals surface area contributed by atoms with Gasteiger partial charge in [0.15, 0.2) is 0 Å². The molecule has 1 saturated heterocycles. The van der Waals surface area contributed by atoms with Crippen LogP contribution in [-0.4, -0.2) is 28.7 Å². The van der Waals surface area contributed by atoms with Gasteiger partial charge in [-0.2, -0.15) is 5.10 Å². The molecule has 3 nitrogen and oxygen atoms in total. The molecule has 0 amide bonds. The fourth-order valence-electron chi connectivity index (χ4n) is 4.32. The van der Waals surface area contributed by atoms with E-state index < -0.39 is 0 Å². The zero-order valence-corrected chi connectivity index (χ0v) is 18.5. The average Bonchev–Trinajstić information content (AvgIpc) is 3.10. The van der Waals surface area contributed by atoms with Crippen LogP contribution >= 0.6 is 0 Å². The predicted octanol–water partition coefficient (Wildman–Crippen LogP) is 5.99. The monoisotopic (exact) mass is 377 g/mol. The van der Waals surface area contributed by atoms with Crippen molar-refractivity contribution in [3.8, 4) is 0 Å². The number of allylic oxidation sites excluding steroid dienone is 2. The third-order valence-corrected chi connectivity index (χ3v) is 5.85. The maximum atomic E-state index is 4.89. The van der Waals surface area contributed by atoms with E-state index >= 15 is 0 Å². The second-order valence-corrected chi connectivity index (χ2v) is 8.41. The van der Waals surface area contributed by atoms with Crippen LogP contribution in [0.3, 0.4) is 0 Å². The van der Waals surface area contributed by atoms with E-state index in [4.69, 9.17) is 5.10 Å². The van der Waals surface area contributed by atoms with Crippen molar-refractivity contribution in [2.75, 3.05) is 13.1 Å². The quantitative estimate of drug-likeness (QED) is 0.627. The molecule has 0 bridgehead atoms. The lowest BCUT2D eigenvalue weighted by atomic mass is 9.97. The number of aryl methyl sites for hydroxylation is 2. The highest BCUT2D eigenvalue weighted by molar-refractivity contribution is 5.95. The number of rotatable bonds is 5. The summed E-state index contributed by atoms with van der Waals surface area (Å²) in [5, 5.41) is 6.96. The van der Waals surface area contributed by atoms with Crippen molar-refractivity contribution in [2.24, 2.45) is 11.0 Å². The van der Waals surface area contributed by atoms with Crippen LogP contribution in [0, 0.1) is 5.92 Å². The highest BCUT2D eigenvalue weighted by atomic mass is 15.5. The van der Waals surface area contributed by atoms with Crippen LogP contribution in [0.5, 0.6) is 0 Å². The molecule has 150 valence electrons. The number of hydrazone groups is 1. The first-order valence-corrected chi connectivity index (χ1v) is 10.7. The van der Waals surface area contributed by atoms with Gasteiger partial charge in [0.25, 0.3) is 0 Å². The van der Waals surface area contributed by atoms with E-state index in [2.05, 4.69) is 82.3 Å². The molecule has 0 radical (unpaired) electrons. The van der Waals surface area contributed by atoms with Gasteiger partial charge in [-0.1, -0.05) is 45.1 Å². The highest BCUT2D eigenvalue weighted by Crippen LogP contribution is 2.35. The van der Waals surface area contributed by atoms with E-state index in [0.717, 1.165) is 49.0 Å². The van der Waals surface area contributed by atoms with Gasteiger partial charge in [-0.25, -0.2) is 5.01 Å². The summed E-state index contributed by atoms with van der Waals surface area (Å²) in [6.45, 7) is 19.9. The second-order valence-electron chi connectivity index (χ2n) is 8.41. The summed E-state index contributed by atoms with van der Waals surface area (Å²) < 4.78 is 0. The molecular weight excluding hydrogens is 342 g/mol. The molecule has 0 saturated carbocycles. The summed E-state index contributed by atoms with van der Waals surface area (Å²) in [5.41, 5.74) is 9.71. The highest BCUT2D eigenvalue weighted by Gasteiger charge is 2.29. The van der Waals surface area contributed by atoms with E-state index in [-0.39, 0.29) is 0 Å². The average molecular weight is 378 g/mol. The fraction of sp³-hybridized carbons (Fsp3) is 0.480. The van der Waals surface area contributed by atoms with E-state index in [1.807, 2.05) is 0 Å². The van der Waals surface area contributed by atoms with E-state index in [0.29, 0.717) is 0 Å². The van der Waals surface area contributed by atoms with E-state index in [1.54, 1.807) is 0 Å². The van der Waals surface area contributed by atoms with Crippen LogP contribution in [0.1, 0.15) is 64.7 Å². The molecule has 0 aliphatic carbocycles. The van der Waals surface area contributed by atoms with Crippen molar-refractivity contribution in [3.05, 3.63) is 64.5 Å². The smallest absolute Gasteiger partial charge is 0.0815 e. The molecule has 2 aliphatic heterocycles. The lowest BCUT2D eigenvalue weighted by Gasteiger charge is -2.34. The standard InChI is InChI=1S/C25H35N3/c1-8-21-10-11-23(15-22(21)9-2)25(17(3)4)28-20(7)24(14-19(6)26-28)27-13-12-18(5)16-27/h10-11,14-15,18H,7-9,12-13,16H2,1-6H3. The molecule has 3 rings (SSSR count). The Hall–Kier alpha value is -2.29. The molecule has 2 heterocycles. The van der Waals surface area contributed by atoms with Crippen molar-refractivity contribution >= 4 is 11.4 Å². The van der Waals surface area contributed by atoms with Gasteiger partial charge in [0.2, 0.25) is 0 Å². The van der Waals surface area contributed by atoms with Gasteiger partial charge < -0.3 is 4.90 Å². The number of hydrogen-bond donors (Lipinski definition) is 0. The van der Waals surface area contributed by atoms with Crippen LogP contribution in [0.15, 0.2) is 52.9 Å². The Balaban J connectivity index is 2.01. The Morgan fingerprint density at radius 1 is 1.18 bits per heavy atom. The topological polar surface area (TPSA) is 18.8 Å². The lowest BCUT2D eigenvalue weighted by Crippen LogP contribution is -2.31. The van der Waals surface area contributed by atoms with Crippen LogP contribution in [0.4, 0.5) is 0 Å². The first-order valence-electron chi connectivity index (χ1n) is 10.7. The normalized spacial score (nSPS) is 19.6. The molecule has 0 N–H and O–H groups in total. The van der Waals surface area contributed by atoms with Crippen molar-refractivity contribution in [1.82, 2.24) is 9.91 Å². The minimum atomic E-state index is 0.734. The molecular formula is C25H35N3. The number of hydrogen-bond acceptors (Lipinski definition) is 3. The Morgan fingerprint density at radius 2 is 1.89 bits per heavy atom. The second kappa shape index (κ2) is 8.38. The van der Waals surface area contributed by atoms with Crippen molar-refractivity contribution < 1.29 is 0 Å². The van der Waals surface area contributed by atoms with Crippen molar-refractivity contribution in [2.45, 2.75) is 60.8 Å². The minimum absolute atomic E-state index is 0.734. The summed E-state index contributed by atoms with van der Waals surface area (Å²) in [6, 6.07) is 6.86. The Kier molecular flexibility index (Phi) is 6.12. The zero-order chi connectivity index (χ0) is 20.4. The first kappa shape index (κ1) is 20.4. The van der Waals surface area contributed by atoms with Crippen LogP contribution in [-0.2, 0) is 12.8 Å². The third-order valence-electron chi connectivity index (χ3n) is 5.85. The van der Waals surface area contributed by atoms with Gasteiger partial charge in [0, 0.05) is 18.7 Å². The molecule has 1 aromatic carbocycles. The van der Waals surface area contributed by atoms with E-state index in [1.165, 1.54) is 34.4 Å². The molecule has 3 heteroatoms. The van der Waals surface area contributed by atoms with Gasteiger partial charge >= 0.3 is 0 Å². The third kappa shape index (κ3) is 3.94. The summed E-state index contributed by atoms with van der Waals surface area (Å²) in [4.78, 5) is 2.47. The fourth-order valence-corrected chi connectivity index (χ4v) is 4.32. The lowest BCUT2D eigenvalue weighted by molar-refractivity contribution is 0.383. The van der Waals surface area contributed by atoms with Gasteiger partial charge in [0.05, 0.1) is 22.8 Å². The molecule has 1 fully saturated rings. The van der Waals surface area contributed by atoms with Gasteiger partial charge in [-0.3, -0.25) is 0 Å². The Morgan fingerprint density at radius 3 is 2.46 bits per heavy atom. The SMILES string of the molecule is C=C1C(N2CCC(C)C2)=CC(C)=NN1C(=C(C)C)c1ccc(CC)c(CC)c1. The molecule has 1 atom stereocenters. The van der Waals surface area contributed by atoms with Crippen molar-refractivity contribution in [3.63, 3.8) is 0 Å². The number of benzene rings is 1. The van der Waals surface area contributed by atoms with Crippen LogP contribution < -0.4 is 0 Å². The first-order chi connectivity index (χ1) is 13.3. The summed E-state index contributed by atoms with van der Waals surface area (Å²) in [7, 11) is 0. The van der Waals surface area contributed by atoms with E-state index in [9.17, 15) is 0 Å². The molecule has 0 spiro atoms. The van der Waals surface area contributed by atoms with Gasteiger partial charge in [0.1, 0.15) is 0 Å². The van der Waals surface area contributed by atoms with Crippen LogP contribution in [0.2, 0.25) is 0 Å².